The zero-order valence-corrected chi connectivity index (χ0v) is 11.5. The third kappa shape index (κ3) is 2.68. The van der Waals surface area contributed by atoms with E-state index in [2.05, 4.69) is 27.6 Å². The smallest absolute Gasteiger partial charge is 0.340 e. The Balaban J connectivity index is 3.40. The molecule has 4 heteroatoms. The minimum atomic E-state index is -0.322. The molecule has 15 heavy (non-hydrogen) atoms. The summed E-state index contributed by atoms with van der Waals surface area (Å²) in [4.78, 5) is 15.9. The topological polar surface area (TPSA) is 39.2 Å². The average molecular weight is 319 g/mol. The van der Waals surface area contributed by atoms with Gasteiger partial charge in [-0.3, -0.25) is 4.98 Å². The lowest BCUT2D eigenvalue weighted by Crippen LogP contribution is -2.20. The molecule has 0 aliphatic heterocycles. The molecule has 0 aromatic carbocycles. The van der Waals surface area contributed by atoms with Crippen molar-refractivity contribution in [1.29, 1.82) is 0 Å². The summed E-state index contributed by atoms with van der Waals surface area (Å²) in [5.41, 5.74) is 1.19. The Hall–Kier alpha value is -0.650. The van der Waals surface area contributed by atoms with Crippen LogP contribution < -0.4 is 0 Å². The molecule has 0 aliphatic carbocycles. The van der Waals surface area contributed by atoms with E-state index in [9.17, 15) is 4.79 Å². The molecule has 1 aromatic rings. The van der Waals surface area contributed by atoms with Gasteiger partial charge in [0.05, 0.1) is 18.4 Å². The monoisotopic (exact) mass is 319 g/mol. The van der Waals surface area contributed by atoms with E-state index in [1.807, 2.05) is 26.8 Å². The van der Waals surface area contributed by atoms with E-state index in [0.29, 0.717) is 5.56 Å². The van der Waals surface area contributed by atoms with Crippen molar-refractivity contribution in [3.05, 3.63) is 27.1 Å². The predicted octanol–water partition coefficient (Wildman–Crippen LogP) is 2.77. The van der Waals surface area contributed by atoms with Crippen molar-refractivity contribution in [2.24, 2.45) is 0 Å². The third-order valence-corrected chi connectivity index (χ3v) is 2.90. The summed E-state index contributed by atoms with van der Waals surface area (Å²) < 4.78 is 5.64. The van der Waals surface area contributed by atoms with Crippen molar-refractivity contribution >= 4 is 28.6 Å². The molecule has 0 fully saturated rings. The number of methoxy groups -OCH3 is 1. The van der Waals surface area contributed by atoms with E-state index >= 15 is 0 Å². The van der Waals surface area contributed by atoms with Gasteiger partial charge in [0, 0.05) is 15.2 Å². The number of nitrogens with zero attached hydrogens (tertiary/aromatic N) is 1. The molecule has 0 saturated carbocycles. The zero-order chi connectivity index (χ0) is 11.6. The van der Waals surface area contributed by atoms with E-state index < -0.39 is 0 Å². The van der Waals surface area contributed by atoms with Crippen molar-refractivity contribution in [3.8, 4) is 0 Å². The van der Waals surface area contributed by atoms with E-state index in [1.165, 1.54) is 7.11 Å². The van der Waals surface area contributed by atoms with Crippen LogP contribution in [-0.4, -0.2) is 18.1 Å². The highest BCUT2D eigenvalue weighted by Crippen LogP contribution is 2.27. The number of carbonyl (C=O) groups excluding carboxylic acids is 1. The largest absolute Gasteiger partial charge is 0.465 e. The Labute approximate surface area is 103 Å². The van der Waals surface area contributed by atoms with Gasteiger partial charge < -0.3 is 4.74 Å². The number of ether oxygens (including phenoxy) is 1. The molecule has 1 aromatic heterocycles. The molecule has 1 rings (SSSR count). The fourth-order valence-corrected chi connectivity index (χ4v) is 1.94. The second-order valence-corrected chi connectivity index (χ2v) is 5.42. The van der Waals surface area contributed by atoms with Crippen molar-refractivity contribution in [2.45, 2.75) is 26.2 Å². The Morgan fingerprint density at radius 2 is 2.07 bits per heavy atom. The summed E-state index contributed by atoms with van der Waals surface area (Å²) in [6.45, 7) is 6.08. The first-order valence-corrected chi connectivity index (χ1v) is 5.69. The molecule has 0 N–H and O–H groups in total. The van der Waals surface area contributed by atoms with Gasteiger partial charge in [-0.05, 0) is 28.7 Å². The highest BCUT2D eigenvalue weighted by Gasteiger charge is 2.25. The summed E-state index contributed by atoms with van der Waals surface area (Å²) in [5.74, 6) is -0.322. The van der Waals surface area contributed by atoms with Crippen LogP contribution >= 0.6 is 22.6 Å². The van der Waals surface area contributed by atoms with Crippen LogP contribution in [0.2, 0.25) is 0 Å². The maximum absolute atomic E-state index is 11.6. The molecule has 0 atom stereocenters. The fourth-order valence-electron chi connectivity index (χ4n) is 1.30. The lowest BCUT2D eigenvalue weighted by molar-refractivity contribution is 0.0596. The number of esters is 1. The second kappa shape index (κ2) is 4.47. The minimum absolute atomic E-state index is 0.162. The highest BCUT2D eigenvalue weighted by atomic mass is 127. The lowest BCUT2D eigenvalue weighted by Gasteiger charge is -2.20. The number of aromatic nitrogens is 1. The molecule has 82 valence electrons. The van der Waals surface area contributed by atoms with Crippen LogP contribution in [0.15, 0.2) is 12.3 Å². The number of rotatable bonds is 1. The van der Waals surface area contributed by atoms with E-state index in [-0.39, 0.29) is 11.4 Å². The van der Waals surface area contributed by atoms with Crippen LogP contribution in [0.25, 0.3) is 0 Å². The van der Waals surface area contributed by atoms with Gasteiger partial charge in [-0.2, -0.15) is 0 Å². The van der Waals surface area contributed by atoms with Crippen LogP contribution in [0.1, 0.15) is 36.8 Å². The van der Waals surface area contributed by atoms with Gasteiger partial charge in [0.15, 0.2) is 0 Å². The second-order valence-electron chi connectivity index (χ2n) is 4.26. The Morgan fingerprint density at radius 3 is 2.53 bits per heavy atom. The number of pyridine rings is 1. The lowest BCUT2D eigenvalue weighted by atomic mass is 9.88. The van der Waals surface area contributed by atoms with Crippen molar-refractivity contribution in [2.75, 3.05) is 7.11 Å². The molecule has 3 nitrogen and oxygen atoms in total. The van der Waals surface area contributed by atoms with Crippen LogP contribution in [0, 0.1) is 3.57 Å². The van der Waals surface area contributed by atoms with Gasteiger partial charge in [-0.1, -0.05) is 20.8 Å². The summed E-state index contributed by atoms with van der Waals surface area (Å²) >= 11 is 2.12. The summed E-state index contributed by atoms with van der Waals surface area (Å²) in [6, 6.07) is 1.81. The zero-order valence-electron chi connectivity index (χ0n) is 9.30. The maximum Gasteiger partial charge on any atom is 0.340 e. The number of carbonyl (C=O) groups is 1. The van der Waals surface area contributed by atoms with E-state index in [0.717, 1.165) is 9.26 Å². The van der Waals surface area contributed by atoms with Gasteiger partial charge in [-0.15, -0.1) is 0 Å². The molecular formula is C11H14INO2. The van der Waals surface area contributed by atoms with Crippen LogP contribution in [0.4, 0.5) is 0 Å². The first kappa shape index (κ1) is 12.4. The first-order chi connectivity index (χ1) is 6.88. The summed E-state index contributed by atoms with van der Waals surface area (Å²) in [5, 5.41) is 0. The molecule has 0 spiro atoms. The van der Waals surface area contributed by atoms with Crippen molar-refractivity contribution in [1.82, 2.24) is 4.98 Å². The van der Waals surface area contributed by atoms with Crippen molar-refractivity contribution < 1.29 is 9.53 Å². The van der Waals surface area contributed by atoms with E-state index in [4.69, 9.17) is 4.74 Å². The Morgan fingerprint density at radius 1 is 1.47 bits per heavy atom. The predicted molar refractivity (Wildman–Crippen MR) is 67.0 cm³/mol. The normalized spacial score (nSPS) is 11.3. The fraction of sp³-hybridized carbons (Fsp3) is 0.455. The molecule has 0 radical (unpaired) electrons. The first-order valence-electron chi connectivity index (χ1n) is 4.61. The van der Waals surface area contributed by atoms with Gasteiger partial charge in [0.1, 0.15) is 0 Å². The Bertz CT molecular complexity index is 383. The van der Waals surface area contributed by atoms with Gasteiger partial charge in [-0.25, -0.2) is 4.79 Å². The number of hydrogen-bond donors (Lipinski definition) is 0. The van der Waals surface area contributed by atoms with Crippen molar-refractivity contribution in [3.63, 3.8) is 0 Å². The summed E-state index contributed by atoms with van der Waals surface area (Å²) in [7, 11) is 1.39. The SMILES string of the molecule is COC(=O)c1c(I)ccnc1C(C)(C)C. The molecule has 1 heterocycles. The van der Waals surface area contributed by atoms with Crippen LogP contribution in [0.3, 0.4) is 0 Å². The average Bonchev–Trinajstić information content (AvgIpc) is 2.15. The Kier molecular flexibility index (Phi) is 3.70. The van der Waals surface area contributed by atoms with Gasteiger partial charge >= 0.3 is 5.97 Å². The number of halogens is 1. The van der Waals surface area contributed by atoms with Gasteiger partial charge in [0.2, 0.25) is 0 Å². The quantitative estimate of drug-likeness (QED) is 0.590. The van der Waals surface area contributed by atoms with Crippen LogP contribution in [-0.2, 0) is 10.2 Å². The maximum atomic E-state index is 11.6. The minimum Gasteiger partial charge on any atom is -0.465 e. The van der Waals surface area contributed by atoms with Gasteiger partial charge in [0.25, 0.3) is 0 Å². The summed E-state index contributed by atoms with van der Waals surface area (Å²) in [6.07, 6.45) is 1.72. The molecule has 0 aliphatic rings. The van der Waals surface area contributed by atoms with Crippen LogP contribution in [0.5, 0.6) is 0 Å². The molecule has 0 bridgehead atoms. The van der Waals surface area contributed by atoms with E-state index in [1.54, 1.807) is 6.20 Å². The molecule has 0 amide bonds. The number of hydrogen-bond acceptors (Lipinski definition) is 3. The molecular weight excluding hydrogens is 305 g/mol. The molecule has 0 saturated heterocycles. The third-order valence-electron chi connectivity index (χ3n) is 2.00. The molecule has 0 unspecified atom stereocenters. The standard InChI is InChI=1S/C11H14INO2/c1-11(2,3)9-8(10(14)15-4)7(12)5-6-13-9/h5-6H,1-4H3. The highest BCUT2D eigenvalue weighted by molar-refractivity contribution is 14.1.